The number of hydrogen-bond acceptors (Lipinski definition) is 4. The van der Waals surface area contributed by atoms with E-state index in [1.807, 2.05) is 41.8 Å². The highest BCUT2D eigenvalue weighted by molar-refractivity contribution is 6.38. The lowest BCUT2D eigenvalue weighted by molar-refractivity contribution is -0.146. The highest BCUT2D eigenvalue weighted by Gasteiger charge is 2.19. The molecule has 0 unspecified atom stereocenters. The number of ketones is 1. The van der Waals surface area contributed by atoms with Crippen LogP contribution in [0.4, 0.5) is 0 Å². The molecular formula is C22H21NO5. The molecule has 0 aliphatic heterocycles. The number of aliphatic carboxylic acids is 1. The second-order valence-electron chi connectivity index (χ2n) is 6.58. The minimum Gasteiger partial charge on any atom is -0.507 e. The number of benzene rings is 2. The van der Waals surface area contributed by atoms with Crippen LogP contribution in [-0.4, -0.2) is 33.6 Å². The molecular weight excluding hydrogens is 358 g/mol. The van der Waals surface area contributed by atoms with Crippen molar-refractivity contribution in [1.82, 2.24) is 4.57 Å². The van der Waals surface area contributed by atoms with Crippen molar-refractivity contribution in [2.75, 3.05) is 7.11 Å². The predicted molar refractivity (Wildman–Crippen MR) is 107 cm³/mol. The SMILES string of the molecule is COc1cccc2c1c(/C(O)=C/C(=O)C(=O)O)cn2Cc1cccc(C)c1C. The van der Waals surface area contributed by atoms with Crippen molar-refractivity contribution in [1.29, 1.82) is 0 Å². The molecule has 2 aromatic carbocycles. The first-order valence-corrected chi connectivity index (χ1v) is 8.72. The number of carboxylic acid groups (broad SMARTS) is 1. The van der Waals surface area contributed by atoms with Crippen LogP contribution in [0.15, 0.2) is 48.7 Å². The molecule has 0 radical (unpaired) electrons. The highest BCUT2D eigenvalue weighted by Crippen LogP contribution is 2.34. The van der Waals surface area contributed by atoms with Crippen LogP contribution in [0.5, 0.6) is 5.75 Å². The molecule has 2 N–H and O–H groups in total. The minimum atomic E-state index is -1.63. The lowest BCUT2D eigenvalue weighted by atomic mass is 10.0. The zero-order valence-electron chi connectivity index (χ0n) is 15.9. The van der Waals surface area contributed by atoms with E-state index in [4.69, 9.17) is 9.84 Å². The summed E-state index contributed by atoms with van der Waals surface area (Å²) < 4.78 is 7.37. The van der Waals surface area contributed by atoms with Gasteiger partial charge in [-0.15, -0.1) is 0 Å². The monoisotopic (exact) mass is 379 g/mol. The van der Waals surface area contributed by atoms with Gasteiger partial charge in [0.05, 0.1) is 18.0 Å². The zero-order chi connectivity index (χ0) is 20.4. The van der Waals surface area contributed by atoms with E-state index in [1.165, 1.54) is 18.2 Å². The van der Waals surface area contributed by atoms with Crippen LogP contribution in [0.3, 0.4) is 0 Å². The van der Waals surface area contributed by atoms with E-state index in [-0.39, 0.29) is 0 Å². The van der Waals surface area contributed by atoms with Crippen molar-refractivity contribution >= 4 is 28.4 Å². The predicted octanol–water partition coefficient (Wildman–Crippen LogP) is 3.87. The Morgan fingerprint density at radius 1 is 1.11 bits per heavy atom. The third-order valence-corrected chi connectivity index (χ3v) is 4.90. The number of rotatable bonds is 6. The molecule has 28 heavy (non-hydrogen) atoms. The van der Waals surface area contributed by atoms with Crippen LogP contribution in [0, 0.1) is 13.8 Å². The fourth-order valence-corrected chi connectivity index (χ4v) is 3.24. The first kappa shape index (κ1) is 19.2. The van der Waals surface area contributed by atoms with Crippen LogP contribution in [0.25, 0.3) is 16.7 Å². The first-order chi connectivity index (χ1) is 13.3. The van der Waals surface area contributed by atoms with Crippen molar-refractivity contribution in [2.45, 2.75) is 20.4 Å². The number of hydrogen-bond donors (Lipinski definition) is 2. The highest BCUT2D eigenvalue weighted by atomic mass is 16.5. The number of fused-ring (bicyclic) bond motifs is 1. The molecule has 0 saturated heterocycles. The van der Waals surface area contributed by atoms with E-state index < -0.39 is 17.5 Å². The van der Waals surface area contributed by atoms with Gasteiger partial charge in [0.1, 0.15) is 11.5 Å². The summed E-state index contributed by atoms with van der Waals surface area (Å²) in [4.78, 5) is 22.4. The zero-order valence-corrected chi connectivity index (χ0v) is 15.9. The van der Waals surface area contributed by atoms with Gasteiger partial charge in [-0.3, -0.25) is 4.79 Å². The van der Waals surface area contributed by atoms with Gasteiger partial charge in [0.2, 0.25) is 0 Å². The van der Waals surface area contributed by atoms with Gasteiger partial charge in [0.25, 0.3) is 5.78 Å². The summed E-state index contributed by atoms with van der Waals surface area (Å²) in [6.45, 7) is 4.66. The second kappa shape index (κ2) is 7.60. The standard InChI is InChI=1S/C22H21NO5/c1-13-6-4-7-15(14(13)2)11-23-12-16(18(24)10-19(25)22(26)27)21-17(23)8-5-9-20(21)28-3/h4-10,12,24H,11H2,1-3H3,(H,26,27)/b18-10-. The molecule has 144 valence electrons. The normalized spacial score (nSPS) is 11.6. The molecule has 3 rings (SSSR count). The number of carbonyl (C=O) groups is 2. The van der Waals surface area contributed by atoms with E-state index in [0.29, 0.717) is 29.3 Å². The van der Waals surface area contributed by atoms with Crippen LogP contribution in [0.1, 0.15) is 22.3 Å². The van der Waals surface area contributed by atoms with Gasteiger partial charge in [-0.1, -0.05) is 24.3 Å². The molecule has 0 spiro atoms. The van der Waals surface area contributed by atoms with Crippen LogP contribution in [0.2, 0.25) is 0 Å². The lowest BCUT2D eigenvalue weighted by Gasteiger charge is -2.11. The average Bonchev–Trinajstić information content (AvgIpc) is 3.04. The van der Waals surface area contributed by atoms with Crippen LogP contribution < -0.4 is 4.74 Å². The topological polar surface area (TPSA) is 88.8 Å². The molecule has 6 nitrogen and oxygen atoms in total. The molecule has 0 atom stereocenters. The number of carbonyl (C=O) groups excluding carboxylic acids is 1. The number of aliphatic hydroxyl groups excluding tert-OH is 1. The molecule has 0 bridgehead atoms. The van der Waals surface area contributed by atoms with E-state index in [1.54, 1.807) is 12.3 Å². The number of ether oxygens (including phenoxy) is 1. The Labute approximate surface area is 162 Å². The Kier molecular flexibility index (Phi) is 5.22. The lowest BCUT2D eigenvalue weighted by Crippen LogP contribution is -2.09. The average molecular weight is 379 g/mol. The molecule has 0 aliphatic carbocycles. The van der Waals surface area contributed by atoms with Gasteiger partial charge in [0.15, 0.2) is 0 Å². The van der Waals surface area contributed by atoms with Gasteiger partial charge < -0.3 is 19.5 Å². The Balaban J connectivity index is 2.19. The fraction of sp³-hybridized carbons (Fsp3) is 0.182. The van der Waals surface area contributed by atoms with Crippen molar-refractivity contribution in [3.8, 4) is 5.75 Å². The maximum absolute atomic E-state index is 11.5. The number of aliphatic hydroxyl groups is 1. The van der Waals surface area contributed by atoms with E-state index in [2.05, 4.69) is 6.92 Å². The second-order valence-corrected chi connectivity index (χ2v) is 6.58. The van der Waals surface area contributed by atoms with E-state index in [0.717, 1.165) is 11.1 Å². The molecule has 0 saturated carbocycles. The molecule has 1 aromatic heterocycles. The number of aromatic nitrogens is 1. The Bertz CT molecular complexity index is 1110. The van der Waals surface area contributed by atoms with Crippen molar-refractivity contribution in [3.63, 3.8) is 0 Å². The van der Waals surface area contributed by atoms with Gasteiger partial charge in [-0.05, 0) is 42.7 Å². The molecule has 0 aliphatic rings. The summed E-state index contributed by atoms with van der Waals surface area (Å²) in [5.41, 5.74) is 4.62. The summed E-state index contributed by atoms with van der Waals surface area (Å²) in [6, 6.07) is 11.6. The number of aryl methyl sites for hydroxylation is 1. The quantitative estimate of drug-likeness (QED) is 0.386. The number of methoxy groups -OCH3 is 1. The van der Waals surface area contributed by atoms with Crippen molar-refractivity contribution < 1.29 is 24.5 Å². The molecule has 3 aromatic rings. The maximum Gasteiger partial charge on any atom is 0.376 e. The summed E-state index contributed by atoms with van der Waals surface area (Å²) in [6.07, 6.45) is 2.42. The first-order valence-electron chi connectivity index (χ1n) is 8.72. The van der Waals surface area contributed by atoms with Crippen molar-refractivity contribution in [3.05, 3.63) is 70.9 Å². The summed E-state index contributed by atoms with van der Waals surface area (Å²) >= 11 is 0. The molecule has 1 heterocycles. The molecule has 6 heteroatoms. The van der Waals surface area contributed by atoms with Crippen LogP contribution in [-0.2, 0) is 16.1 Å². The summed E-state index contributed by atoms with van der Waals surface area (Å²) in [5, 5.41) is 19.9. The maximum atomic E-state index is 11.5. The summed E-state index contributed by atoms with van der Waals surface area (Å²) in [5.74, 6) is -2.71. The van der Waals surface area contributed by atoms with Gasteiger partial charge in [-0.25, -0.2) is 4.79 Å². The largest absolute Gasteiger partial charge is 0.507 e. The van der Waals surface area contributed by atoms with Gasteiger partial charge in [0, 0.05) is 24.4 Å². The Morgan fingerprint density at radius 2 is 1.82 bits per heavy atom. The smallest absolute Gasteiger partial charge is 0.376 e. The Hall–Kier alpha value is -3.54. The van der Waals surface area contributed by atoms with Crippen molar-refractivity contribution in [2.24, 2.45) is 0 Å². The molecule has 0 fully saturated rings. The molecule has 0 amide bonds. The van der Waals surface area contributed by atoms with E-state index in [9.17, 15) is 14.7 Å². The number of carboxylic acids is 1. The summed E-state index contributed by atoms with van der Waals surface area (Å²) in [7, 11) is 1.52. The minimum absolute atomic E-state index is 0.340. The van der Waals surface area contributed by atoms with Gasteiger partial charge >= 0.3 is 5.97 Å². The number of nitrogens with zero attached hydrogens (tertiary/aromatic N) is 1. The third kappa shape index (κ3) is 3.49. The fourth-order valence-electron chi connectivity index (χ4n) is 3.24. The van der Waals surface area contributed by atoms with E-state index >= 15 is 0 Å². The van der Waals surface area contributed by atoms with Gasteiger partial charge in [-0.2, -0.15) is 0 Å². The Morgan fingerprint density at radius 3 is 2.50 bits per heavy atom. The van der Waals surface area contributed by atoms with Crippen LogP contribution >= 0.6 is 0 Å². The third-order valence-electron chi connectivity index (χ3n) is 4.90.